The van der Waals surface area contributed by atoms with E-state index in [1.807, 2.05) is 80.6 Å². The van der Waals surface area contributed by atoms with Crippen molar-refractivity contribution in [1.29, 1.82) is 0 Å². The summed E-state index contributed by atoms with van der Waals surface area (Å²) in [6.45, 7) is 3.97. The molecule has 132 valence electrons. The van der Waals surface area contributed by atoms with Crippen molar-refractivity contribution in [2.75, 3.05) is 0 Å². The van der Waals surface area contributed by atoms with Gasteiger partial charge in [0.05, 0.1) is 9.80 Å². The third-order valence-electron chi connectivity index (χ3n) is 4.00. The first-order chi connectivity index (χ1) is 12.5. The Morgan fingerprint density at radius 2 is 1.31 bits per heavy atom. The lowest BCUT2D eigenvalue weighted by molar-refractivity contribution is 0.606. The van der Waals surface area contributed by atoms with E-state index in [1.165, 1.54) is 17.3 Å². The minimum Gasteiger partial charge on any atom is -0.218 e. The minimum atomic E-state index is -3.61. The standard InChI is InChI=1S/C22H20O2S2/c1-17-8-12-20(13-9-17)25-16-22(19-6-4-3-5-7-19)26(23,24)21-14-10-18(2)11-15-21/h3-16H,1-2H3/b22-16+. The highest BCUT2D eigenvalue weighted by Crippen LogP contribution is 2.32. The number of benzene rings is 3. The first kappa shape index (κ1) is 18.5. The fraction of sp³-hybridized carbons (Fsp3) is 0.0909. The predicted octanol–water partition coefficient (Wildman–Crippen LogP) is 5.87. The molecule has 0 heterocycles. The normalized spacial score (nSPS) is 12.2. The Morgan fingerprint density at radius 3 is 1.88 bits per heavy atom. The third kappa shape index (κ3) is 4.26. The van der Waals surface area contributed by atoms with Gasteiger partial charge in [0, 0.05) is 4.90 Å². The Balaban J connectivity index is 2.04. The molecular weight excluding hydrogens is 360 g/mol. The maximum atomic E-state index is 13.2. The van der Waals surface area contributed by atoms with E-state index >= 15 is 0 Å². The Bertz CT molecular complexity index is 1000. The first-order valence-corrected chi connectivity index (χ1v) is 10.6. The second-order valence-corrected chi connectivity index (χ2v) is 8.96. The van der Waals surface area contributed by atoms with Gasteiger partial charge in [-0.15, -0.1) is 0 Å². The fourth-order valence-electron chi connectivity index (χ4n) is 2.47. The smallest absolute Gasteiger partial charge is 0.207 e. The first-order valence-electron chi connectivity index (χ1n) is 8.27. The van der Waals surface area contributed by atoms with Gasteiger partial charge < -0.3 is 0 Å². The summed E-state index contributed by atoms with van der Waals surface area (Å²) in [6.07, 6.45) is 0. The minimum absolute atomic E-state index is 0.308. The molecule has 0 aliphatic heterocycles. The molecule has 0 aliphatic rings. The van der Waals surface area contributed by atoms with E-state index in [4.69, 9.17) is 0 Å². The summed E-state index contributed by atoms with van der Waals surface area (Å²) in [5.41, 5.74) is 2.89. The van der Waals surface area contributed by atoms with Crippen molar-refractivity contribution in [3.63, 3.8) is 0 Å². The van der Waals surface area contributed by atoms with Gasteiger partial charge in [0.25, 0.3) is 0 Å². The molecule has 0 spiro atoms. The molecule has 3 aromatic rings. The number of thioether (sulfide) groups is 1. The van der Waals surface area contributed by atoms with E-state index < -0.39 is 9.84 Å². The van der Waals surface area contributed by atoms with Crippen LogP contribution >= 0.6 is 11.8 Å². The summed E-state index contributed by atoms with van der Waals surface area (Å²) < 4.78 is 26.5. The van der Waals surface area contributed by atoms with Gasteiger partial charge in [-0.05, 0) is 49.1 Å². The molecule has 0 radical (unpaired) electrons. The average molecular weight is 381 g/mol. The van der Waals surface area contributed by atoms with Crippen molar-refractivity contribution in [2.24, 2.45) is 0 Å². The quantitative estimate of drug-likeness (QED) is 0.519. The summed E-state index contributed by atoms with van der Waals surface area (Å²) in [5, 5.41) is 1.73. The molecule has 0 bridgehead atoms. The summed E-state index contributed by atoms with van der Waals surface area (Å²) in [4.78, 5) is 1.62. The fourth-order valence-corrected chi connectivity index (χ4v) is 4.99. The summed E-state index contributed by atoms with van der Waals surface area (Å²) in [5.74, 6) is 0. The van der Waals surface area contributed by atoms with Crippen molar-refractivity contribution in [1.82, 2.24) is 0 Å². The maximum Gasteiger partial charge on any atom is 0.207 e. The average Bonchev–Trinajstić information content (AvgIpc) is 2.64. The molecule has 0 saturated carbocycles. The zero-order chi connectivity index (χ0) is 18.6. The highest BCUT2D eigenvalue weighted by atomic mass is 32.2. The van der Waals surface area contributed by atoms with Gasteiger partial charge in [-0.2, -0.15) is 0 Å². The van der Waals surface area contributed by atoms with Crippen LogP contribution in [0, 0.1) is 13.8 Å². The Kier molecular flexibility index (Phi) is 5.64. The summed E-state index contributed by atoms with van der Waals surface area (Å²) in [7, 11) is -3.61. The van der Waals surface area contributed by atoms with Crippen LogP contribution in [0.2, 0.25) is 0 Å². The summed E-state index contributed by atoms with van der Waals surface area (Å²) in [6, 6.07) is 24.2. The highest BCUT2D eigenvalue weighted by molar-refractivity contribution is 8.05. The molecule has 26 heavy (non-hydrogen) atoms. The van der Waals surface area contributed by atoms with Gasteiger partial charge in [-0.3, -0.25) is 0 Å². The SMILES string of the molecule is Cc1ccc(S/C=C(\c2ccccc2)S(=O)(=O)c2ccc(C)cc2)cc1. The molecule has 0 amide bonds. The van der Waals surface area contributed by atoms with Crippen LogP contribution in [0.25, 0.3) is 4.91 Å². The molecule has 0 fully saturated rings. The number of aryl methyl sites for hydroxylation is 2. The van der Waals surface area contributed by atoms with Crippen LogP contribution in [0.5, 0.6) is 0 Å². The molecule has 2 nitrogen and oxygen atoms in total. The van der Waals surface area contributed by atoms with E-state index in [0.717, 1.165) is 10.5 Å². The topological polar surface area (TPSA) is 34.1 Å². The second-order valence-electron chi connectivity index (χ2n) is 6.10. The van der Waals surface area contributed by atoms with Crippen LogP contribution in [-0.4, -0.2) is 8.42 Å². The van der Waals surface area contributed by atoms with Gasteiger partial charge in [0.1, 0.15) is 0 Å². The number of hydrogen-bond acceptors (Lipinski definition) is 3. The van der Waals surface area contributed by atoms with Crippen molar-refractivity contribution in [2.45, 2.75) is 23.6 Å². The third-order valence-corrected chi connectivity index (χ3v) is 6.87. The molecule has 4 heteroatoms. The number of rotatable bonds is 5. The van der Waals surface area contributed by atoms with Crippen LogP contribution < -0.4 is 0 Å². The van der Waals surface area contributed by atoms with Crippen LogP contribution in [0.4, 0.5) is 0 Å². The molecule has 3 rings (SSSR count). The van der Waals surface area contributed by atoms with Crippen LogP contribution in [0.3, 0.4) is 0 Å². The van der Waals surface area contributed by atoms with Gasteiger partial charge in [0.15, 0.2) is 0 Å². The Hall–Kier alpha value is -2.30. The number of hydrogen-bond donors (Lipinski definition) is 0. The second kappa shape index (κ2) is 7.94. The van der Waals surface area contributed by atoms with Gasteiger partial charge in [0.2, 0.25) is 9.84 Å². The molecule has 0 atom stereocenters. The van der Waals surface area contributed by atoms with E-state index in [1.54, 1.807) is 17.5 Å². The van der Waals surface area contributed by atoms with Crippen molar-refractivity contribution in [3.05, 3.63) is 101 Å². The highest BCUT2D eigenvalue weighted by Gasteiger charge is 2.22. The summed E-state index contributed by atoms with van der Waals surface area (Å²) >= 11 is 1.42. The van der Waals surface area contributed by atoms with E-state index in [0.29, 0.717) is 15.4 Å². The van der Waals surface area contributed by atoms with E-state index in [2.05, 4.69) is 0 Å². The molecule has 0 N–H and O–H groups in total. The molecule has 0 aliphatic carbocycles. The largest absolute Gasteiger partial charge is 0.218 e. The van der Waals surface area contributed by atoms with Gasteiger partial charge in [-0.1, -0.05) is 77.5 Å². The monoisotopic (exact) mass is 380 g/mol. The van der Waals surface area contributed by atoms with Crippen LogP contribution in [-0.2, 0) is 9.84 Å². The lowest BCUT2D eigenvalue weighted by Crippen LogP contribution is -2.04. The van der Waals surface area contributed by atoms with Gasteiger partial charge >= 0.3 is 0 Å². The van der Waals surface area contributed by atoms with Gasteiger partial charge in [-0.25, -0.2) is 8.42 Å². The molecule has 0 aromatic heterocycles. The maximum absolute atomic E-state index is 13.2. The number of sulfone groups is 1. The molecule has 0 unspecified atom stereocenters. The lowest BCUT2D eigenvalue weighted by atomic mass is 10.2. The molecular formula is C22H20O2S2. The molecule has 0 saturated heterocycles. The zero-order valence-corrected chi connectivity index (χ0v) is 16.3. The van der Waals surface area contributed by atoms with E-state index in [-0.39, 0.29) is 0 Å². The van der Waals surface area contributed by atoms with Crippen molar-refractivity contribution < 1.29 is 8.42 Å². The Morgan fingerprint density at radius 1 is 0.769 bits per heavy atom. The van der Waals surface area contributed by atoms with Crippen molar-refractivity contribution >= 4 is 26.5 Å². The van der Waals surface area contributed by atoms with Crippen LogP contribution in [0.15, 0.2) is 94.1 Å². The predicted molar refractivity (Wildman–Crippen MR) is 110 cm³/mol. The lowest BCUT2D eigenvalue weighted by Gasteiger charge is -2.10. The van der Waals surface area contributed by atoms with Crippen molar-refractivity contribution in [3.8, 4) is 0 Å². The van der Waals surface area contributed by atoms with Crippen LogP contribution in [0.1, 0.15) is 16.7 Å². The zero-order valence-electron chi connectivity index (χ0n) is 14.7. The van der Waals surface area contributed by atoms with E-state index in [9.17, 15) is 8.42 Å². The molecule has 3 aromatic carbocycles. The Labute approximate surface area is 159 Å².